The lowest BCUT2D eigenvalue weighted by Gasteiger charge is -2.24. The van der Waals surface area contributed by atoms with Crippen LogP contribution in [0.1, 0.15) is 38.9 Å². The molecular formula is C19H24N4O2. The molecule has 0 spiro atoms. The molecule has 0 radical (unpaired) electrons. The number of aromatic nitrogens is 2. The van der Waals surface area contributed by atoms with E-state index in [2.05, 4.69) is 34.5 Å². The number of carbonyl (C=O) groups is 1. The molecule has 0 aliphatic carbocycles. The fraction of sp³-hybridized carbons (Fsp3) is 0.421. The summed E-state index contributed by atoms with van der Waals surface area (Å²) in [6.45, 7) is 4.81. The van der Waals surface area contributed by atoms with Crippen LogP contribution in [0.25, 0.3) is 11.5 Å². The topological polar surface area (TPSA) is 71.3 Å². The Kier molecular flexibility index (Phi) is 5.48. The zero-order chi connectivity index (χ0) is 17.6. The summed E-state index contributed by atoms with van der Waals surface area (Å²) in [4.78, 5) is 18.7. The lowest BCUT2D eigenvalue weighted by molar-refractivity contribution is 0.208. The summed E-state index contributed by atoms with van der Waals surface area (Å²) >= 11 is 0. The predicted molar refractivity (Wildman–Crippen MR) is 97.3 cm³/mol. The van der Waals surface area contributed by atoms with E-state index in [1.54, 1.807) is 0 Å². The van der Waals surface area contributed by atoms with Crippen LogP contribution in [0.3, 0.4) is 0 Å². The SMILES string of the molecule is CCCC[C@@H]1C=CCN1C(=O)Nc1ccc(-c2nc(CC)no2)cc1. The minimum Gasteiger partial charge on any atom is -0.334 e. The van der Waals surface area contributed by atoms with E-state index in [1.165, 1.54) is 0 Å². The van der Waals surface area contributed by atoms with Crippen LogP contribution in [0.2, 0.25) is 0 Å². The first-order valence-electron chi connectivity index (χ1n) is 8.88. The van der Waals surface area contributed by atoms with Crippen LogP contribution < -0.4 is 5.32 Å². The minimum atomic E-state index is -0.0649. The van der Waals surface area contributed by atoms with Gasteiger partial charge in [0.25, 0.3) is 5.89 Å². The van der Waals surface area contributed by atoms with Gasteiger partial charge in [0.1, 0.15) is 0 Å². The largest absolute Gasteiger partial charge is 0.334 e. The van der Waals surface area contributed by atoms with E-state index >= 15 is 0 Å². The van der Waals surface area contributed by atoms with Crippen LogP contribution in [0.4, 0.5) is 10.5 Å². The Morgan fingerprint density at radius 1 is 1.32 bits per heavy atom. The van der Waals surface area contributed by atoms with E-state index in [9.17, 15) is 4.79 Å². The maximum absolute atomic E-state index is 12.5. The van der Waals surface area contributed by atoms with Crippen molar-refractivity contribution in [3.05, 3.63) is 42.2 Å². The molecule has 25 heavy (non-hydrogen) atoms. The quantitative estimate of drug-likeness (QED) is 0.798. The normalized spacial score (nSPS) is 16.4. The van der Waals surface area contributed by atoms with Gasteiger partial charge >= 0.3 is 6.03 Å². The molecule has 1 aliphatic heterocycles. The lowest BCUT2D eigenvalue weighted by atomic mass is 10.1. The number of nitrogens with one attached hydrogen (secondary N) is 1. The maximum atomic E-state index is 12.5. The molecule has 0 saturated carbocycles. The molecule has 2 amide bonds. The molecule has 132 valence electrons. The van der Waals surface area contributed by atoms with E-state index in [0.29, 0.717) is 18.3 Å². The summed E-state index contributed by atoms with van der Waals surface area (Å²) in [5.41, 5.74) is 1.60. The van der Waals surface area contributed by atoms with Gasteiger partial charge in [0.15, 0.2) is 5.82 Å². The Balaban J connectivity index is 1.62. The summed E-state index contributed by atoms with van der Waals surface area (Å²) in [5.74, 6) is 1.19. The van der Waals surface area contributed by atoms with Crippen molar-refractivity contribution >= 4 is 11.7 Å². The number of anilines is 1. The number of rotatable bonds is 6. The van der Waals surface area contributed by atoms with Crippen LogP contribution in [-0.4, -0.2) is 33.7 Å². The third-order valence-corrected chi connectivity index (χ3v) is 4.34. The van der Waals surface area contributed by atoms with Crippen LogP contribution in [0.5, 0.6) is 0 Å². The molecule has 0 unspecified atom stereocenters. The molecular weight excluding hydrogens is 316 g/mol. The molecule has 1 aliphatic rings. The number of aryl methyl sites for hydroxylation is 1. The molecule has 0 fully saturated rings. The fourth-order valence-electron chi connectivity index (χ4n) is 2.88. The zero-order valence-electron chi connectivity index (χ0n) is 14.7. The third-order valence-electron chi connectivity index (χ3n) is 4.34. The van der Waals surface area contributed by atoms with Gasteiger partial charge in [-0.15, -0.1) is 0 Å². The minimum absolute atomic E-state index is 0.0649. The standard InChI is InChI=1S/C19H24N4O2/c1-3-5-7-16-8-6-13-23(16)19(24)20-15-11-9-14(10-12-15)18-21-17(4-2)22-25-18/h6,8-12,16H,3-5,7,13H2,1-2H3,(H,20,24)/t16-/m1/s1. The van der Waals surface area contributed by atoms with Gasteiger partial charge < -0.3 is 14.7 Å². The highest BCUT2D eigenvalue weighted by atomic mass is 16.5. The van der Waals surface area contributed by atoms with Gasteiger partial charge in [0.2, 0.25) is 0 Å². The van der Waals surface area contributed by atoms with Crippen LogP contribution in [0, 0.1) is 0 Å². The smallest absolute Gasteiger partial charge is 0.322 e. The van der Waals surface area contributed by atoms with Crippen molar-refractivity contribution in [1.29, 1.82) is 0 Å². The first-order chi connectivity index (χ1) is 12.2. The monoisotopic (exact) mass is 340 g/mol. The average Bonchev–Trinajstić information content (AvgIpc) is 3.29. The second-order valence-electron chi connectivity index (χ2n) is 6.17. The molecule has 1 N–H and O–H groups in total. The molecule has 0 saturated heterocycles. The van der Waals surface area contributed by atoms with Crippen LogP contribution >= 0.6 is 0 Å². The highest BCUT2D eigenvalue weighted by Crippen LogP contribution is 2.21. The van der Waals surface area contributed by atoms with E-state index in [4.69, 9.17) is 4.52 Å². The molecule has 6 heteroatoms. The van der Waals surface area contributed by atoms with Crippen molar-refractivity contribution in [3.63, 3.8) is 0 Å². The van der Waals surface area contributed by atoms with Crippen molar-refractivity contribution in [2.24, 2.45) is 0 Å². The van der Waals surface area contributed by atoms with Gasteiger partial charge in [0, 0.05) is 24.2 Å². The Labute approximate surface area is 147 Å². The number of unbranched alkanes of at least 4 members (excludes halogenated alkanes) is 1. The molecule has 1 aromatic carbocycles. The summed E-state index contributed by atoms with van der Waals surface area (Å²) in [6, 6.07) is 7.59. The number of hydrogen-bond acceptors (Lipinski definition) is 4. The maximum Gasteiger partial charge on any atom is 0.322 e. The molecule has 0 bridgehead atoms. The molecule has 2 heterocycles. The van der Waals surface area contributed by atoms with E-state index in [0.717, 1.165) is 36.9 Å². The van der Waals surface area contributed by atoms with Crippen molar-refractivity contribution in [1.82, 2.24) is 15.0 Å². The molecule has 6 nitrogen and oxygen atoms in total. The highest BCUT2D eigenvalue weighted by Gasteiger charge is 2.24. The van der Waals surface area contributed by atoms with Gasteiger partial charge in [-0.25, -0.2) is 4.79 Å². The van der Waals surface area contributed by atoms with Crippen molar-refractivity contribution in [3.8, 4) is 11.5 Å². The van der Waals surface area contributed by atoms with E-state index in [-0.39, 0.29) is 12.1 Å². The summed E-state index contributed by atoms with van der Waals surface area (Å²) in [7, 11) is 0. The molecule has 1 aromatic heterocycles. The number of benzene rings is 1. The Morgan fingerprint density at radius 2 is 2.12 bits per heavy atom. The summed E-state index contributed by atoms with van der Waals surface area (Å²) < 4.78 is 5.23. The van der Waals surface area contributed by atoms with Gasteiger partial charge in [-0.3, -0.25) is 0 Å². The van der Waals surface area contributed by atoms with Crippen molar-refractivity contribution in [2.45, 2.75) is 45.6 Å². The Hall–Kier alpha value is -2.63. The van der Waals surface area contributed by atoms with Gasteiger partial charge in [-0.2, -0.15) is 4.98 Å². The van der Waals surface area contributed by atoms with Crippen LogP contribution in [0.15, 0.2) is 40.9 Å². The number of amides is 2. The zero-order valence-corrected chi connectivity index (χ0v) is 14.7. The van der Waals surface area contributed by atoms with Crippen molar-refractivity contribution < 1.29 is 9.32 Å². The first-order valence-corrected chi connectivity index (χ1v) is 8.88. The van der Waals surface area contributed by atoms with Crippen LogP contribution in [-0.2, 0) is 6.42 Å². The Morgan fingerprint density at radius 3 is 2.80 bits per heavy atom. The predicted octanol–water partition coefficient (Wildman–Crippen LogP) is 4.26. The summed E-state index contributed by atoms with van der Waals surface area (Å²) in [6.07, 6.45) is 8.19. The number of nitrogens with zero attached hydrogens (tertiary/aromatic N) is 3. The third kappa shape index (κ3) is 4.07. The van der Waals surface area contributed by atoms with E-state index in [1.807, 2.05) is 36.1 Å². The molecule has 1 atom stereocenters. The Bertz CT molecular complexity index is 736. The number of hydrogen-bond donors (Lipinski definition) is 1. The lowest BCUT2D eigenvalue weighted by Crippen LogP contribution is -2.39. The second-order valence-corrected chi connectivity index (χ2v) is 6.17. The van der Waals surface area contributed by atoms with Crippen molar-refractivity contribution in [2.75, 3.05) is 11.9 Å². The number of carbonyl (C=O) groups excluding carboxylic acids is 1. The summed E-state index contributed by atoms with van der Waals surface area (Å²) in [5, 5.41) is 6.86. The molecule has 2 aromatic rings. The van der Waals surface area contributed by atoms with Gasteiger partial charge in [0.05, 0.1) is 6.04 Å². The first kappa shape index (κ1) is 17.2. The van der Waals surface area contributed by atoms with E-state index < -0.39 is 0 Å². The fourth-order valence-corrected chi connectivity index (χ4v) is 2.88. The molecule has 3 rings (SSSR count). The average molecular weight is 340 g/mol. The highest BCUT2D eigenvalue weighted by molar-refractivity contribution is 5.90. The number of urea groups is 1. The second kappa shape index (κ2) is 7.96. The van der Waals surface area contributed by atoms with Gasteiger partial charge in [-0.05, 0) is 30.7 Å². The van der Waals surface area contributed by atoms with Gasteiger partial charge in [-0.1, -0.05) is 44.0 Å².